The summed E-state index contributed by atoms with van der Waals surface area (Å²) in [6, 6.07) is 4.97. The molecule has 1 N–H and O–H groups in total. The van der Waals surface area contributed by atoms with E-state index < -0.39 is 35.1 Å². The van der Waals surface area contributed by atoms with Gasteiger partial charge >= 0.3 is 0 Å². The number of ether oxygens (including phenoxy) is 2. The Balaban J connectivity index is 2.22. The Morgan fingerprint density at radius 2 is 1.67 bits per heavy atom. The number of benzene rings is 1. The SMILES string of the molecule is CC[C@H](C)[C@@H]([C@@H](CC(=O)N1CCC[C@H]1[C@H](OC)[C@@H](C)C(=O)N(C)CCc1ccccc1[N+](=O)[O-])OC)N(C)C(=O)[C@@H](NC(=O)CN(C)C)C(C)C. The van der Waals surface area contributed by atoms with Crippen LogP contribution in [0.3, 0.4) is 0 Å². The molecule has 14 heteroatoms. The highest BCUT2D eigenvalue weighted by molar-refractivity contribution is 5.88. The van der Waals surface area contributed by atoms with Gasteiger partial charge in [-0.05, 0) is 45.2 Å². The summed E-state index contributed by atoms with van der Waals surface area (Å²) < 4.78 is 11.9. The van der Waals surface area contributed by atoms with Crippen molar-refractivity contribution in [3.63, 3.8) is 0 Å². The minimum Gasteiger partial charge on any atom is -0.379 e. The number of para-hydroxylation sites is 1. The molecule has 51 heavy (non-hydrogen) atoms. The second-order valence-electron chi connectivity index (χ2n) is 14.5. The number of nitrogens with zero attached hydrogens (tertiary/aromatic N) is 5. The van der Waals surface area contributed by atoms with Gasteiger partial charge in [0.2, 0.25) is 23.6 Å². The molecule has 1 aliphatic rings. The molecule has 0 bridgehead atoms. The van der Waals surface area contributed by atoms with Crippen molar-refractivity contribution >= 4 is 29.3 Å². The Kier molecular flexibility index (Phi) is 17.4. The van der Waals surface area contributed by atoms with E-state index in [9.17, 15) is 29.3 Å². The summed E-state index contributed by atoms with van der Waals surface area (Å²) in [6.07, 6.45) is 1.29. The van der Waals surface area contributed by atoms with Crippen LogP contribution in [0.25, 0.3) is 0 Å². The van der Waals surface area contributed by atoms with Crippen LogP contribution >= 0.6 is 0 Å². The fourth-order valence-electron chi connectivity index (χ4n) is 7.18. The molecule has 1 aromatic rings. The number of likely N-dealkylation sites (N-methyl/N-ethyl adjacent to an activating group) is 3. The Bertz CT molecular complexity index is 1330. The topological polar surface area (TPSA) is 155 Å². The molecule has 288 valence electrons. The fourth-order valence-corrected chi connectivity index (χ4v) is 7.18. The van der Waals surface area contributed by atoms with Gasteiger partial charge < -0.3 is 34.4 Å². The lowest BCUT2D eigenvalue weighted by Crippen LogP contribution is -2.58. The minimum atomic E-state index is -0.743. The molecular formula is C37H62N6O8. The zero-order valence-corrected chi connectivity index (χ0v) is 32.6. The number of hydrogen-bond acceptors (Lipinski definition) is 9. The highest BCUT2D eigenvalue weighted by Crippen LogP contribution is 2.30. The van der Waals surface area contributed by atoms with Crippen molar-refractivity contribution in [2.75, 3.05) is 62.0 Å². The van der Waals surface area contributed by atoms with Crippen LogP contribution in [-0.4, -0.2) is 141 Å². The third kappa shape index (κ3) is 11.7. The van der Waals surface area contributed by atoms with Crippen molar-refractivity contribution in [3.8, 4) is 0 Å². The van der Waals surface area contributed by atoms with Gasteiger partial charge in [0.05, 0.1) is 48.1 Å². The molecule has 1 saturated heterocycles. The maximum absolute atomic E-state index is 14.1. The second kappa shape index (κ2) is 20.4. The van der Waals surface area contributed by atoms with E-state index in [2.05, 4.69) is 5.32 Å². The van der Waals surface area contributed by atoms with Crippen molar-refractivity contribution in [3.05, 3.63) is 39.9 Å². The van der Waals surface area contributed by atoms with Crippen LogP contribution in [0.15, 0.2) is 24.3 Å². The fraction of sp³-hybridized carbons (Fsp3) is 0.730. The summed E-state index contributed by atoms with van der Waals surface area (Å²) in [5.74, 6) is -1.58. The van der Waals surface area contributed by atoms with Gasteiger partial charge in [0.1, 0.15) is 6.04 Å². The number of nitro groups is 1. The third-order valence-corrected chi connectivity index (χ3v) is 10.2. The van der Waals surface area contributed by atoms with Crippen molar-refractivity contribution in [1.29, 1.82) is 0 Å². The van der Waals surface area contributed by atoms with Crippen molar-refractivity contribution < 1.29 is 33.6 Å². The number of nitrogens with one attached hydrogen (secondary N) is 1. The molecule has 1 fully saturated rings. The number of carbonyl (C=O) groups is 4. The summed E-state index contributed by atoms with van der Waals surface area (Å²) in [5, 5.41) is 14.4. The van der Waals surface area contributed by atoms with Gasteiger partial charge in [-0.25, -0.2) is 0 Å². The summed E-state index contributed by atoms with van der Waals surface area (Å²) in [4.78, 5) is 72.1. The van der Waals surface area contributed by atoms with Crippen LogP contribution in [0, 0.1) is 27.9 Å². The standard InChI is InChI=1S/C37H62N6O8/c1-12-25(4)34(41(9)37(47)33(24(2)3)38-31(44)23-39(6)7)30(50-10)22-32(45)42-20-15-18-29(42)35(51-11)26(5)36(46)40(8)21-19-27-16-13-14-17-28(27)43(48)49/h13-14,16-17,24-26,29-30,33-35H,12,15,18-23H2,1-11H3,(H,38,44)/t25-,26+,29-,30+,33-,34-,35+/m0/s1. The molecule has 1 heterocycles. The highest BCUT2D eigenvalue weighted by Gasteiger charge is 2.43. The monoisotopic (exact) mass is 718 g/mol. The first kappa shape index (κ1) is 43.5. The lowest BCUT2D eigenvalue weighted by Gasteiger charge is -2.41. The van der Waals surface area contributed by atoms with Crippen molar-refractivity contribution in [2.45, 2.75) is 97.1 Å². The summed E-state index contributed by atoms with van der Waals surface area (Å²) in [7, 11) is 10.1. The number of methoxy groups -OCH3 is 2. The molecule has 0 spiro atoms. The second-order valence-corrected chi connectivity index (χ2v) is 14.5. The van der Waals surface area contributed by atoms with Crippen molar-refractivity contribution in [1.82, 2.24) is 24.9 Å². The normalized spacial score (nSPS) is 18.1. The number of likely N-dealkylation sites (tertiary alicyclic amines) is 1. The lowest BCUT2D eigenvalue weighted by molar-refractivity contribution is -0.385. The highest BCUT2D eigenvalue weighted by atomic mass is 16.6. The Morgan fingerprint density at radius 1 is 1.02 bits per heavy atom. The van der Waals surface area contributed by atoms with Crippen molar-refractivity contribution in [2.24, 2.45) is 17.8 Å². The van der Waals surface area contributed by atoms with E-state index in [4.69, 9.17) is 9.47 Å². The minimum absolute atomic E-state index is 0.0198. The number of carbonyl (C=O) groups excluding carboxylic acids is 4. The Labute approximate surface area is 304 Å². The zero-order chi connectivity index (χ0) is 38.6. The van der Waals surface area contributed by atoms with Gasteiger partial charge in [-0.1, -0.05) is 59.2 Å². The molecule has 0 aromatic heterocycles. The number of hydrogen-bond donors (Lipinski definition) is 1. The molecule has 7 atom stereocenters. The molecule has 0 unspecified atom stereocenters. The average Bonchev–Trinajstić information content (AvgIpc) is 3.57. The molecular weight excluding hydrogens is 656 g/mol. The van der Waals surface area contributed by atoms with Crippen LogP contribution in [0.4, 0.5) is 5.69 Å². The van der Waals surface area contributed by atoms with Crippen LogP contribution in [0.2, 0.25) is 0 Å². The molecule has 2 rings (SSSR count). The van der Waals surface area contributed by atoms with E-state index >= 15 is 0 Å². The van der Waals surface area contributed by atoms with Crippen LogP contribution < -0.4 is 5.32 Å². The maximum atomic E-state index is 14.1. The molecule has 0 radical (unpaired) electrons. The van der Waals surface area contributed by atoms with Gasteiger partial charge in [0, 0.05) is 53.0 Å². The van der Waals surface area contributed by atoms with E-state index in [-0.39, 0.29) is 66.7 Å². The molecule has 4 amide bonds. The van der Waals surface area contributed by atoms with Crippen LogP contribution in [0.5, 0.6) is 0 Å². The smallest absolute Gasteiger partial charge is 0.272 e. The maximum Gasteiger partial charge on any atom is 0.272 e. The first-order valence-corrected chi connectivity index (χ1v) is 18.0. The van der Waals surface area contributed by atoms with E-state index in [1.54, 1.807) is 87.1 Å². The van der Waals surface area contributed by atoms with Crippen LogP contribution in [-0.2, 0) is 35.1 Å². The lowest BCUT2D eigenvalue weighted by atomic mass is 9.89. The molecule has 0 saturated carbocycles. The third-order valence-electron chi connectivity index (χ3n) is 10.2. The molecule has 1 aromatic carbocycles. The summed E-state index contributed by atoms with van der Waals surface area (Å²) in [5.41, 5.74) is 0.573. The molecule has 0 aliphatic carbocycles. The first-order valence-electron chi connectivity index (χ1n) is 18.0. The van der Waals surface area contributed by atoms with E-state index in [0.29, 0.717) is 24.9 Å². The quantitative estimate of drug-likeness (QED) is 0.158. The van der Waals surface area contributed by atoms with Gasteiger partial charge in [-0.2, -0.15) is 0 Å². The predicted molar refractivity (Wildman–Crippen MR) is 196 cm³/mol. The van der Waals surface area contributed by atoms with E-state index in [1.807, 2.05) is 27.7 Å². The largest absolute Gasteiger partial charge is 0.379 e. The summed E-state index contributed by atoms with van der Waals surface area (Å²) in [6.45, 7) is 10.6. The molecule has 14 nitrogen and oxygen atoms in total. The van der Waals surface area contributed by atoms with E-state index in [1.165, 1.54) is 6.07 Å². The summed E-state index contributed by atoms with van der Waals surface area (Å²) >= 11 is 0. The number of nitro benzene ring substituents is 1. The Morgan fingerprint density at radius 3 is 2.22 bits per heavy atom. The van der Waals surface area contributed by atoms with Gasteiger partial charge in [-0.3, -0.25) is 29.3 Å². The zero-order valence-electron chi connectivity index (χ0n) is 32.6. The average molecular weight is 719 g/mol. The number of amides is 4. The number of rotatable bonds is 20. The first-order chi connectivity index (χ1) is 24.0. The van der Waals surface area contributed by atoms with E-state index in [0.717, 1.165) is 12.8 Å². The molecule has 1 aliphatic heterocycles. The van der Waals surface area contributed by atoms with Gasteiger partial charge in [0.15, 0.2) is 0 Å². The predicted octanol–water partition coefficient (Wildman–Crippen LogP) is 3.22. The van der Waals surface area contributed by atoms with Gasteiger partial charge in [-0.15, -0.1) is 0 Å². The van der Waals surface area contributed by atoms with Gasteiger partial charge in [0.25, 0.3) is 5.69 Å². The van der Waals surface area contributed by atoms with Crippen LogP contribution in [0.1, 0.15) is 65.9 Å². The Hall–Kier alpha value is -3.62.